The van der Waals surface area contributed by atoms with Gasteiger partial charge in [-0.05, 0) is 0 Å². The minimum atomic E-state index is -5.60. The van der Waals surface area contributed by atoms with Crippen molar-refractivity contribution in [2.45, 2.75) is 55.2 Å². The summed E-state index contributed by atoms with van der Waals surface area (Å²) in [6, 6.07) is 0. The number of hydrogen-bond donors (Lipinski definition) is 10. The monoisotopic (exact) mass is 605 g/mol. The average molecular weight is 605 g/mol. The summed E-state index contributed by atoms with van der Waals surface area (Å²) >= 11 is 0. The van der Waals surface area contributed by atoms with Gasteiger partial charge < -0.3 is 55.6 Å². The molecule has 0 saturated carbocycles. The predicted octanol–water partition coefficient (Wildman–Crippen LogP) is -4.63. The molecule has 39 heavy (non-hydrogen) atoms. The Morgan fingerprint density at radius 3 is 2.33 bits per heavy atom. The molecule has 21 nitrogen and oxygen atoms in total. The van der Waals surface area contributed by atoms with Gasteiger partial charge in [-0.15, -0.1) is 0 Å². The molecule has 0 amide bonds. The first-order valence-corrected chi connectivity index (χ1v) is 13.9. The van der Waals surface area contributed by atoms with Crippen molar-refractivity contribution >= 4 is 32.8 Å². The number of aromatic amines is 1. The van der Waals surface area contributed by atoms with Gasteiger partial charge in [0.1, 0.15) is 42.7 Å². The normalized spacial score (nSPS) is 36.6. The molecule has 7 unspecified atom stereocenters. The molecule has 2 fully saturated rings. The van der Waals surface area contributed by atoms with Crippen molar-refractivity contribution in [3.63, 3.8) is 0 Å². The van der Waals surface area contributed by atoms with Crippen LogP contribution in [0.2, 0.25) is 0 Å². The third-order valence-corrected chi connectivity index (χ3v) is 8.36. The van der Waals surface area contributed by atoms with Gasteiger partial charge in [0.05, 0.1) is 19.5 Å². The summed E-state index contributed by atoms with van der Waals surface area (Å²) in [5.41, 5.74) is 4.54. The van der Waals surface area contributed by atoms with E-state index in [2.05, 4.69) is 28.3 Å². The van der Waals surface area contributed by atoms with E-state index in [4.69, 9.17) is 20.3 Å². The van der Waals surface area contributed by atoms with Crippen LogP contribution in [0, 0.1) is 0 Å². The van der Waals surface area contributed by atoms with Crippen LogP contribution >= 0.6 is 15.6 Å². The number of phosphoric acid groups is 2. The van der Waals surface area contributed by atoms with Crippen LogP contribution in [0.25, 0.3) is 11.2 Å². The van der Waals surface area contributed by atoms with Crippen LogP contribution in [-0.4, -0.2) is 122 Å². The van der Waals surface area contributed by atoms with Crippen molar-refractivity contribution in [1.29, 1.82) is 0 Å². The lowest BCUT2D eigenvalue weighted by Gasteiger charge is -2.39. The van der Waals surface area contributed by atoms with Gasteiger partial charge in [0.15, 0.2) is 23.7 Å². The Kier molecular flexibility index (Phi) is 8.60. The molecule has 0 aromatic carbocycles. The third-order valence-electron chi connectivity index (χ3n) is 5.76. The highest BCUT2D eigenvalue weighted by Gasteiger charge is 2.49. The van der Waals surface area contributed by atoms with E-state index in [0.717, 1.165) is 10.9 Å². The van der Waals surface area contributed by atoms with Gasteiger partial charge in [0, 0.05) is 0 Å². The maximum atomic E-state index is 12.3. The Morgan fingerprint density at radius 2 is 1.67 bits per heavy atom. The van der Waals surface area contributed by atoms with E-state index in [1.807, 2.05) is 0 Å². The molecule has 0 spiro atoms. The van der Waals surface area contributed by atoms with Gasteiger partial charge in [0.25, 0.3) is 5.56 Å². The van der Waals surface area contributed by atoms with Gasteiger partial charge in [0.2, 0.25) is 5.95 Å². The van der Waals surface area contributed by atoms with Crippen LogP contribution in [0.3, 0.4) is 0 Å². The second-order valence-electron chi connectivity index (χ2n) is 8.44. The first-order chi connectivity index (χ1) is 18.1. The number of nitrogens with one attached hydrogen (secondary N) is 1. The van der Waals surface area contributed by atoms with Crippen LogP contribution < -0.4 is 11.3 Å². The summed E-state index contributed by atoms with van der Waals surface area (Å²) in [6.07, 6.45) is -15.0. The Morgan fingerprint density at radius 1 is 1.00 bits per heavy atom. The molecule has 2 saturated heterocycles. The lowest BCUT2D eigenvalue weighted by molar-refractivity contribution is -0.280. The Hall–Kier alpha value is -1.91. The zero-order chi connectivity index (χ0) is 28.9. The number of imidazole rings is 1. The standard InChI is InChI=1S/C16H25N5O16P2/c17-16-19-12-6(13(28)20-16)18-3-21(12)14-10(26)8(24)5(34-14)2-33-38(29,30)37-39(31,32)36-15-11(27)9(25)7(23)4(1-22)35-15/h3-5,7-11,14-15,22-27H,1-2H2,(H,29,30)(H,31,32)(H3,17,19,20,28)/t4?,5-,7-,8?,9?,10?,11?,14-,15-/m1/s1. The van der Waals surface area contributed by atoms with E-state index in [1.165, 1.54) is 0 Å². The number of nitrogens with two attached hydrogens (primary N) is 1. The number of nitrogens with zero attached hydrogens (tertiary/aromatic N) is 3. The Bertz CT molecular complexity index is 1340. The maximum absolute atomic E-state index is 12.3. The summed E-state index contributed by atoms with van der Waals surface area (Å²) in [6.45, 7) is -1.89. The van der Waals surface area contributed by atoms with Gasteiger partial charge in [-0.25, -0.2) is 14.1 Å². The van der Waals surface area contributed by atoms with Gasteiger partial charge in [-0.1, -0.05) is 0 Å². The number of aliphatic hydroxyl groups is 6. The molecule has 11 N–H and O–H groups in total. The fourth-order valence-electron chi connectivity index (χ4n) is 3.85. The Balaban J connectivity index is 1.39. The summed E-state index contributed by atoms with van der Waals surface area (Å²) in [5, 5.41) is 59.2. The number of hydrogen-bond acceptors (Lipinski definition) is 17. The van der Waals surface area contributed by atoms with E-state index in [9.17, 15) is 49.2 Å². The van der Waals surface area contributed by atoms with E-state index in [1.54, 1.807) is 0 Å². The van der Waals surface area contributed by atoms with Gasteiger partial charge in [-0.2, -0.15) is 9.29 Å². The smallest absolute Gasteiger partial charge is 0.394 e. The number of aliphatic hydroxyl groups excluding tert-OH is 6. The number of rotatable bonds is 9. The number of H-pyrrole nitrogens is 1. The number of fused-ring (bicyclic) bond motifs is 1. The van der Waals surface area contributed by atoms with Crippen molar-refractivity contribution in [1.82, 2.24) is 19.5 Å². The topological polar surface area (TPSA) is 332 Å². The van der Waals surface area contributed by atoms with E-state index >= 15 is 0 Å². The molecule has 23 heteroatoms. The molecule has 11 atom stereocenters. The van der Waals surface area contributed by atoms with Gasteiger partial charge in [-0.3, -0.25) is 23.4 Å². The molecular weight excluding hydrogens is 580 g/mol. The second-order valence-corrected chi connectivity index (χ2v) is 11.4. The van der Waals surface area contributed by atoms with Crippen LogP contribution in [-0.2, 0) is 32.0 Å². The number of phosphoric ester groups is 2. The molecule has 0 radical (unpaired) electrons. The van der Waals surface area contributed by atoms with Crippen LogP contribution in [0.1, 0.15) is 6.23 Å². The quantitative estimate of drug-likeness (QED) is 0.120. The predicted molar refractivity (Wildman–Crippen MR) is 120 cm³/mol. The molecule has 0 bridgehead atoms. The van der Waals surface area contributed by atoms with Crippen LogP contribution in [0.5, 0.6) is 0 Å². The summed E-state index contributed by atoms with van der Waals surface area (Å²) in [5.74, 6) is -0.278. The molecule has 2 aliphatic rings. The summed E-state index contributed by atoms with van der Waals surface area (Å²) in [4.78, 5) is 41.7. The van der Waals surface area contributed by atoms with Crippen molar-refractivity contribution in [3.8, 4) is 0 Å². The largest absolute Gasteiger partial charge is 0.483 e. The number of anilines is 1. The molecule has 0 aliphatic carbocycles. The van der Waals surface area contributed by atoms with Crippen molar-refractivity contribution in [2.75, 3.05) is 18.9 Å². The lowest BCUT2D eigenvalue weighted by atomic mass is 10.00. The fourth-order valence-corrected chi connectivity index (χ4v) is 6.01. The highest BCUT2D eigenvalue weighted by molar-refractivity contribution is 7.61. The number of nitrogen functional groups attached to an aromatic ring is 1. The Labute approximate surface area is 216 Å². The first kappa shape index (κ1) is 30.1. The third kappa shape index (κ3) is 6.22. The highest BCUT2D eigenvalue weighted by atomic mass is 31.3. The SMILES string of the molecule is Nc1nc2c(ncn2[C@@H]2O[C@H](COP(=O)(O)OP(=O)(O)O[C@H]3OC(CO)[C@@H](O)C(O)C3O)C(O)C2O)c(=O)[nH]1. The highest BCUT2D eigenvalue weighted by Crippen LogP contribution is 2.61. The number of aromatic nitrogens is 4. The molecule has 4 rings (SSSR count). The lowest BCUT2D eigenvalue weighted by Crippen LogP contribution is -2.58. The molecular formula is C16H25N5O16P2. The first-order valence-electron chi connectivity index (χ1n) is 10.9. The minimum absolute atomic E-state index is 0.114. The minimum Gasteiger partial charge on any atom is -0.394 e. The fraction of sp³-hybridized carbons (Fsp3) is 0.688. The molecule has 2 aliphatic heterocycles. The van der Waals surface area contributed by atoms with Crippen molar-refractivity contribution in [2.24, 2.45) is 0 Å². The van der Waals surface area contributed by atoms with E-state index in [0.29, 0.717) is 0 Å². The van der Waals surface area contributed by atoms with Crippen LogP contribution in [0.4, 0.5) is 5.95 Å². The zero-order valence-electron chi connectivity index (χ0n) is 19.3. The molecule has 2 aromatic rings. The van der Waals surface area contributed by atoms with Crippen molar-refractivity contribution in [3.05, 3.63) is 16.7 Å². The van der Waals surface area contributed by atoms with Crippen molar-refractivity contribution < 1.29 is 72.4 Å². The zero-order valence-corrected chi connectivity index (χ0v) is 21.1. The molecule has 4 heterocycles. The van der Waals surface area contributed by atoms with E-state index < -0.39 is 89.7 Å². The molecule has 2 aromatic heterocycles. The maximum Gasteiger partial charge on any atom is 0.483 e. The average Bonchev–Trinajstić information content (AvgIpc) is 3.38. The van der Waals surface area contributed by atoms with Gasteiger partial charge >= 0.3 is 15.6 Å². The second kappa shape index (κ2) is 11.2. The molecule has 220 valence electrons. The number of ether oxygens (including phenoxy) is 2. The summed E-state index contributed by atoms with van der Waals surface area (Å²) < 4.78 is 49.1. The van der Waals surface area contributed by atoms with Crippen LogP contribution in [0.15, 0.2) is 11.1 Å². The van der Waals surface area contributed by atoms with E-state index in [-0.39, 0.29) is 17.1 Å². The summed E-state index contributed by atoms with van der Waals surface area (Å²) in [7, 11) is -11.1.